The summed E-state index contributed by atoms with van der Waals surface area (Å²) in [5.41, 5.74) is 0. The smallest absolute Gasteiger partial charge is 0.407 e. The Morgan fingerprint density at radius 1 is 1.39 bits per heavy atom. The van der Waals surface area contributed by atoms with Gasteiger partial charge in [0.1, 0.15) is 6.17 Å². The van der Waals surface area contributed by atoms with Crippen LogP contribution in [0.15, 0.2) is 0 Å². The van der Waals surface area contributed by atoms with Crippen LogP contribution in [-0.4, -0.2) is 78.4 Å². The van der Waals surface area contributed by atoms with E-state index in [9.17, 15) is 18.0 Å². The lowest BCUT2D eigenvalue weighted by Crippen LogP contribution is -2.58. The molecule has 5 nitrogen and oxygen atoms in total. The molecule has 0 aromatic carbocycles. The van der Waals surface area contributed by atoms with Crippen molar-refractivity contribution in [2.45, 2.75) is 18.1 Å². The van der Waals surface area contributed by atoms with Crippen molar-refractivity contribution in [1.82, 2.24) is 15.1 Å². The van der Waals surface area contributed by atoms with Crippen LogP contribution in [0.4, 0.5) is 18.0 Å². The van der Waals surface area contributed by atoms with Crippen LogP contribution < -0.4 is 5.32 Å². The molecule has 2 rings (SSSR count). The number of carboxylic acid groups (broad SMARTS) is 1. The van der Waals surface area contributed by atoms with Crippen LogP contribution >= 0.6 is 0 Å². The van der Waals surface area contributed by atoms with Gasteiger partial charge in [0.15, 0.2) is 0 Å². The first-order valence-corrected chi connectivity index (χ1v) is 5.83. The molecule has 104 valence electrons. The van der Waals surface area contributed by atoms with Gasteiger partial charge in [-0.25, -0.2) is 18.0 Å². The largest absolute Gasteiger partial charge is 0.465 e. The average molecular weight is 267 g/mol. The summed E-state index contributed by atoms with van der Waals surface area (Å²) in [7, 11) is 0. The minimum absolute atomic E-state index is 0.104. The van der Waals surface area contributed by atoms with Gasteiger partial charge in [-0.2, -0.15) is 0 Å². The van der Waals surface area contributed by atoms with Gasteiger partial charge in [0.05, 0.1) is 25.7 Å². The van der Waals surface area contributed by atoms with Crippen molar-refractivity contribution in [3.8, 4) is 0 Å². The lowest BCUT2D eigenvalue weighted by Gasteiger charge is -2.38. The summed E-state index contributed by atoms with van der Waals surface area (Å²) in [6.07, 6.45) is -2.37. The third-order valence-electron chi connectivity index (χ3n) is 3.26. The third kappa shape index (κ3) is 3.05. The van der Waals surface area contributed by atoms with E-state index in [0.717, 1.165) is 4.90 Å². The molecule has 2 unspecified atom stereocenters. The Kier molecular flexibility index (Phi) is 3.67. The Morgan fingerprint density at radius 3 is 2.56 bits per heavy atom. The zero-order valence-electron chi connectivity index (χ0n) is 9.78. The van der Waals surface area contributed by atoms with Gasteiger partial charge in [0, 0.05) is 19.6 Å². The van der Waals surface area contributed by atoms with Crippen LogP contribution in [0.25, 0.3) is 0 Å². The first-order valence-electron chi connectivity index (χ1n) is 5.83. The predicted molar refractivity (Wildman–Crippen MR) is 57.7 cm³/mol. The second-order valence-electron chi connectivity index (χ2n) is 4.83. The first kappa shape index (κ1) is 13.4. The van der Waals surface area contributed by atoms with E-state index in [4.69, 9.17) is 5.11 Å². The monoisotopic (exact) mass is 267 g/mol. The molecule has 0 aromatic rings. The van der Waals surface area contributed by atoms with Crippen LogP contribution in [-0.2, 0) is 0 Å². The number of halogens is 3. The molecule has 0 saturated carbocycles. The van der Waals surface area contributed by atoms with Crippen molar-refractivity contribution in [2.24, 2.45) is 0 Å². The fourth-order valence-electron chi connectivity index (χ4n) is 2.29. The molecule has 2 N–H and O–H groups in total. The number of amides is 1. The van der Waals surface area contributed by atoms with Gasteiger partial charge in [0.2, 0.25) is 0 Å². The standard InChI is InChI=1S/C10H16F3N3O2/c11-7-3-16(9(17)18)4-8(7)14-1-2-15-5-10(12,13)6-15/h7-8,14H,1-6H2,(H,17,18). The molecule has 2 heterocycles. The van der Waals surface area contributed by atoms with Gasteiger partial charge in [0.25, 0.3) is 5.92 Å². The summed E-state index contributed by atoms with van der Waals surface area (Å²) >= 11 is 0. The molecule has 2 fully saturated rings. The van der Waals surface area contributed by atoms with Crippen LogP contribution in [0, 0.1) is 0 Å². The first-order chi connectivity index (χ1) is 8.37. The van der Waals surface area contributed by atoms with Crippen molar-refractivity contribution in [3.05, 3.63) is 0 Å². The van der Waals surface area contributed by atoms with Crippen LogP contribution in [0.3, 0.4) is 0 Å². The van der Waals surface area contributed by atoms with Crippen molar-refractivity contribution in [2.75, 3.05) is 39.3 Å². The Morgan fingerprint density at radius 2 is 2.06 bits per heavy atom. The number of hydrogen-bond acceptors (Lipinski definition) is 3. The van der Waals surface area contributed by atoms with Gasteiger partial charge in [-0.1, -0.05) is 0 Å². The molecule has 2 aliphatic heterocycles. The van der Waals surface area contributed by atoms with E-state index in [1.54, 1.807) is 4.90 Å². The van der Waals surface area contributed by atoms with Gasteiger partial charge in [-0.15, -0.1) is 0 Å². The zero-order chi connectivity index (χ0) is 13.3. The fourth-order valence-corrected chi connectivity index (χ4v) is 2.29. The van der Waals surface area contributed by atoms with Gasteiger partial charge in [-0.05, 0) is 0 Å². The molecule has 0 aliphatic carbocycles. The molecule has 2 saturated heterocycles. The molecule has 2 atom stereocenters. The molecule has 0 radical (unpaired) electrons. The summed E-state index contributed by atoms with van der Waals surface area (Å²) < 4.78 is 38.5. The summed E-state index contributed by atoms with van der Waals surface area (Å²) in [5, 5.41) is 11.6. The van der Waals surface area contributed by atoms with E-state index in [1.807, 2.05) is 0 Å². The topological polar surface area (TPSA) is 55.8 Å². The number of carbonyl (C=O) groups is 1. The Balaban J connectivity index is 1.64. The molecule has 1 amide bonds. The number of nitrogens with one attached hydrogen (secondary N) is 1. The zero-order valence-corrected chi connectivity index (χ0v) is 9.78. The second-order valence-corrected chi connectivity index (χ2v) is 4.83. The van der Waals surface area contributed by atoms with E-state index in [0.29, 0.717) is 13.1 Å². The Hall–Kier alpha value is -1.02. The molecular weight excluding hydrogens is 251 g/mol. The lowest BCUT2D eigenvalue weighted by molar-refractivity contribution is -0.129. The predicted octanol–water partition coefficient (Wildman–Crippen LogP) is 0.227. The van der Waals surface area contributed by atoms with Crippen molar-refractivity contribution >= 4 is 6.09 Å². The van der Waals surface area contributed by atoms with E-state index >= 15 is 0 Å². The van der Waals surface area contributed by atoms with Gasteiger partial charge < -0.3 is 15.3 Å². The van der Waals surface area contributed by atoms with Gasteiger partial charge >= 0.3 is 6.09 Å². The molecule has 0 spiro atoms. The van der Waals surface area contributed by atoms with E-state index in [2.05, 4.69) is 5.32 Å². The highest BCUT2D eigenvalue weighted by Gasteiger charge is 2.43. The number of likely N-dealkylation sites (tertiary alicyclic amines) is 2. The minimum Gasteiger partial charge on any atom is -0.465 e. The molecular formula is C10H16F3N3O2. The maximum atomic E-state index is 13.4. The number of alkyl halides is 3. The van der Waals surface area contributed by atoms with Crippen molar-refractivity contribution in [1.29, 1.82) is 0 Å². The second kappa shape index (κ2) is 4.93. The number of nitrogens with zero attached hydrogens (tertiary/aromatic N) is 2. The summed E-state index contributed by atoms with van der Waals surface area (Å²) in [6.45, 7) is 0.279. The molecule has 0 aromatic heterocycles. The maximum Gasteiger partial charge on any atom is 0.407 e. The molecule has 2 aliphatic rings. The number of hydrogen-bond donors (Lipinski definition) is 2. The van der Waals surface area contributed by atoms with Crippen molar-refractivity contribution in [3.63, 3.8) is 0 Å². The minimum atomic E-state index is -2.59. The van der Waals surface area contributed by atoms with E-state index in [-0.39, 0.29) is 26.2 Å². The lowest BCUT2D eigenvalue weighted by atomic mass is 10.1. The third-order valence-corrected chi connectivity index (χ3v) is 3.26. The molecule has 0 bridgehead atoms. The molecule has 8 heteroatoms. The normalized spacial score (nSPS) is 31.4. The highest BCUT2D eigenvalue weighted by molar-refractivity contribution is 5.65. The summed E-state index contributed by atoms with van der Waals surface area (Å²) in [4.78, 5) is 13.2. The highest BCUT2D eigenvalue weighted by atomic mass is 19.3. The summed E-state index contributed by atoms with van der Waals surface area (Å²) in [6, 6.07) is -0.539. The van der Waals surface area contributed by atoms with E-state index in [1.165, 1.54) is 0 Å². The summed E-state index contributed by atoms with van der Waals surface area (Å²) in [5.74, 6) is -2.59. The van der Waals surface area contributed by atoms with Gasteiger partial charge in [-0.3, -0.25) is 4.90 Å². The van der Waals surface area contributed by atoms with E-state index < -0.39 is 24.2 Å². The van der Waals surface area contributed by atoms with Crippen molar-refractivity contribution < 1.29 is 23.1 Å². The Bertz CT molecular complexity index is 321. The Labute approximate surface area is 103 Å². The SMILES string of the molecule is O=C(O)N1CC(F)C(NCCN2CC(F)(F)C2)C1. The average Bonchev–Trinajstić information content (AvgIpc) is 2.58. The van der Waals surface area contributed by atoms with Crippen LogP contribution in [0.5, 0.6) is 0 Å². The highest BCUT2D eigenvalue weighted by Crippen LogP contribution is 2.25. The molecule has 18 heavy (non-hydrogen) atoms. The maximum absolute atomic E-state index is 13.4. The fraction of sp³-hybridized carbons (Fsp3) is 0.900. The quantitative estimate of drug-likeness (QED) is 0.765. The number of rotatable bonds is 4. The van der Waals surface area contributed by atoms with Crippen LogP contribution in [0.2, 0.25) is 0 Å². The van der Waals surface area contributed by atoms with Crippen LogP contribution in [0.1, 0.15) is 0 Å².